The van der Waals surface area contributed by atoms with Gasteiger partial charge < -0.3 is 5.32 Å². The summed E-state index contributed by atoms with van der Waals surface area (Å²) < 4.78 is 4.32. The second-order valence-electron chi connectivity index (χ2n) is 5.78. The maximum absolute atomic E-state index is 12.8. The van der Waals surface area contributed by atoms with Gasteiger partial charge in [-0.1, -0.05) is 36.4 Å². The summed E-state index contributed by atoms with van der Waals surface area (Å²) in [6.07, 6.45) is 3.18. The van der Waals surface area contributed by atoms with E-state index >= 15 is 0 Å². The van der Waals surface area contributed by atoms with Crippen molar-refractivity contribution in [2.75, 3.05) is 5.32 Å². The number of carbonyl (C=O) groups is 1. The lowest BCUT2D eigenvalue weighted by molar-refractivity contribution is -0.111. The van der Waals surface area contributed by atoms with E-state index in [2.05, 4.69) is 27.9 Å². The molecule has 0 radical (unpaired) electrons. The Bertz CT molecular complexity index is 1030. The molecular weight excluding hydrogens is 441 g/mol. The number of carbonyl (C=O) groups excluding carboxylic acids is 1. The number of para-hydroxylation sites is 1. The number of halogens is 1. The third-order valence-electron chi connectivity index (χ3n) is 4.12. The number of amides is 1. The average Bonchev–Trinajstić information content (AvgIpc) is 2.85. The molecule has 0 aliphatic carbocycles. The largest absolute Gasteiger partial charge is 0.316 e. The zero-order valence-corrected chi connectivity index (χ0v) is 16.6. The molecule has 6 heteroatoms. The molecular formula is C20H18IN3O2. The number of nitrogens with zero attached hydrogens (tertiary/aromatic N) is 2. The highest BCUT2D eigenvalue weighted by molar-refractivity contribution is 14.1. The van der Waals surface area contributed by atoms with E-state index in [1.165, 1.54) is 10.8 Å². The van der Waals surface area contributed by atoms with Crippen molar-refractivity contribution in [1.29, 1.82) is 0 Å². The minimum Gasteiger partial charge on any atom is -0.316 e. The zero-order chi connectivity index (χ0) is 18.7. The van der Waals surface area contributed by atoms with Crippen LogP contribution in [0.25, 0.3) is 11.8 Å². The molecule has 0 unspecified atom stereocenters. The van der Waals surface area contributed by atoms with Crippen LogP contribution in [0.2, 0.25) is 0 Å². The predicted octanol–water partition coefficient (Wildman–Crippen LogP) is 3.74. The number of rotatable bonds is 4. The maximum atomic E-state index is 12.8. The van der Waals surface area contributed by atoms with Crippen molar-refractivity contribution in [3.8, 4) is 5.69 Å². The predicted molar refractivity (Wildman–Crippen MR) is 113 cm³/mol. The van der Waals surface area contributed by atoms with Crippen molar-refractivity contribution in [2.24, 2.45) is 7.05 Å². The van der Waals surface area contributed by atoms with Crippen molar-refractivity contribution < 1.29 is 4.79 Å². The average molecular weight is 459 g/mol. The summed E-state index contributed by atoms with van der Waals surface area (Å²) in [5.41, 5.74) is 2.42. The summed E-state index contributed by atoms with van der Waals surface area (Å²) in [7, 11) is 1.79. The molecule has 3 aromatic rings. The van der Waals surface area contributed by atoms with Crippen molar-refractivity contribution in [3.05, 3.63) is 85.9 Å². The topological polar surface area (TPSA) is 56.0 Å². The van der Waals surface area contributed by atoms with Gasteiger partial charge in [0.25, 0.3) is 5.56 Å². The van der Waals surface area contributed by atoms with Crippen LogP contribution in [0.1, 0.15) is 11.3 Å². The first-order valence-electron chi connectivity index (χ1n) is 8.06. The molecule has 0 bridgehead atoms. The molecule has 0 aliphatic rings. The first-order valence-corrected chi connectivity index (χ1v) is 9.14. The molecule has 26 heavy (non-hydrogen) atoms. The summed E-state index contributed by atoms with van der Waals surface area (Å²) in [5.74, 6) is -0.337. The lowest BCUT2D eigenvalue weighted by Gasteiger charge is -2.07. The van der Waals surface area contributed by atoms with Gasteiger partial charge in [-0.2, -0.15) is 0 Å². The van der Waals surface area contributed by atoms with Crippen molar-refractivity contribution in [1.82, 2.24) is 9.36 Å². The highest BCUT2D eigenvalue weighted by Gasteiger charge is 2.17. The Morgan fingerprint density at radius 2 is 1.73 bits per heavy atom. The summed E-state index contributed by atoms with van der Waals surface area (Å²) in [5, 5.41) is 2.72. The lowest BCUT2D eigenvalue weighted by atomic mass is 10.2. The summed E-state index contributed by atoms with van der Waals surface area (Å²) >= 11 is 2.22. The molecule has 1 amide bonds. The fraction of sp³-hybridized carbons (Fsp3) is 0.100. The normalized spacial score (nSPS) is 11.0. The van der Waals surface area contributed by atoms with Gasteiger partial charge in [0, 0.05) is 16.7 Å². The van der Waals surface area contributed by atoms with E-state index in [-0.39, 0.29) is 17.2 Å². The Labute approximate surface area is 165 Å². The number of hydrogen-bond acceptors (Lipinski definition) is 2. The standard InChI is InChI=1S/C20H18IN3O2/c1-14-19(20(26)24(23(14)2)16-9-4-3-5-10-16)22-18(25)13-12-15-8-6-7-11-17(15)21/h3-13H,1-2H3,(H,22,25)/b13-12+. The molecule has 1 aromatic heterocycles. The molecule has 0 spiro atoms. The fourth-order valence-electron chi connectivity index (χ4n) is 2.65. The molecule has 2 aromatic carbocycles. The van der Waals surface area contributed by atoms with Crippen LogP contribution in [-0.4, -0.2) is 15.3 Å². The quantitative estimate of drug-likeness (QED) is 0.478. The van der Waals surface area contributed by atoms with Gasteiger partial charge in [0.05, 0.1) is 11.4 Å². The first-order chi connectivity index (χ1) is 12.5. The van der Waals surface area contributed by atoms with E-state index in [4.69, 9.17) is 0 Å². The van der Waals surface area contributed by atoms with Crippen molar-refractivity contribution >= 4 is 40.3 Å². The molecule has 132 valence electrons. The molecule has 5 nitrogen and oxygen atoms in total. The minimum absolute atomic E-state index is 0.257. The Morgan fingerprint density at radius 1 is 1.08 bits per heavy atom. The van der Waals surface area contributed by atoms with Crippen LogP contribution in [-0.2, 0) is 11.8 Å². The highest BCUT2D eigenvalue weighted by atomic mass is 127. The fourth-order valence-corrected chi connectivity index (χ4v) is 3.22. The minimum atomic E-state index is -0.337. The molecule has 0 saturated heterocycles. The van der Waals surface area contributed by atoms with Crippen LogP contribution in [0.4, 0.5) is 5.69 Å². The highest BCUT2D eigenvalue weighted by Crippen LogP contribution is 2.15. The van der Waals surface area contributed by atoms with Gasteiger partial charge in [-0.05, 0) is 59.4 Å². The molecule has 0 fully saturated rings. The zero-order valence-electron chi connectivity index (χ0n) is 14.4. The maximum Gasteiger partial charge on any atom is 0.295 e. The molecule has 1 heterocycles. The van der Waals surface area contributed by atoms with E-state index in [0.717, 1.165) is 14.8 Å². The number of aromatic nitrogens is 2. The van der Waals surface area contributed by atoms with Crippen LogP contribution in [0.15, 0.2) is 65.5 Å². The summed E-state index contributed by atoms with van der Waals surface area (Å²) in [4.78, 5) is 25.1. The van der Waals surface area contributed by atoms with E-state index < -0.39 is 0 Å². The lowest BCUT2D eigenvalue weighted by Crippen LogP contribution is -2.22. The number of nitrogens with one attached hydrogen (secondary N) is 1. The van der Waals surface area contributed by atoms with Gasteiger partial charge in [0.2, 0.25) is 5.91 Å². The second kappa shape index (κ2) is 7.74. The van der Waals surface area contributed by atoms with Crippen LogP contribution in [0.5, 0.6) is 0 Å². The summed E-state index contributed by atoms with van der Waals surface area (Å²) in [6, 6.07) is 17.1. The molecule has 0 saturated carbocycles. The third-order valence-corrected chi connectivity index (χ3v) is 5.10. The van der Waals surface area contributed by atoms with E-state index in [1.54, 1.807) is 24.7 Å². The van der Waals surface area contributed by atoms with Crippen molar-refractivity contribution in [3.63, 3.8) is 0 Å². The molecule has 3 rings (SSSR count). The van der Waals surface area contributed by atoms with Crippen molar-refractivity contribution in [2.45, 2.75) is 6.92 Å². The summed E-state index contributed by atoms with van der Waals surface area (Å²) in [6.45, 7) is 1.81. The molecule has 1 N–H and O–H groups in total. The molecule has 0 aliphatic heterocycles. The van der Waals surface area contributed by atoms with E-state index in [1.807, 2.05) is 54.6 Å². The Kier molecular flexibility index (Phi) is 5.41. The Balaban J connectivity index is 1.88. The van der Waals surface area contributed by atoms with Crippen LogP contribution in [0, 0.1) is 10.5 Å². The number of hydrogen-bond donors (Lipinski definition) is 1. The molecule has 0 atom stereocenters. The SMILES string of the molecule is Cc1c(NC(=O)/C=C/c2ccccc2I)c(=O)n(-c2ccccc2)n1C. The Hall–Kier alpha value is -2.61. The van der Waals surface area contributed by atoms with Crippen LogP contribution in [0.3, 0.4) is 0 Å². The smallest absolute Gasteiger partial charge is 0.295 e. The van der Waals surface area contributed by atoms with Gasteiger partial charge in [-0.15, -0.1) is 0 Å². The van der Waals surface area contributed by atoms with Gasteiger partial charge in [0.15, 0.2) is 0 Å². The van der Waals surface area contributed by atoms with Crippen LogP contribution < -0.4 is 10.9 Å². The van der Waals surface area contributed by atoms with Gasteiger partial charge >= 0.3 is 0 Å². The third kappa shape index (κ3) is 3.65. The van der Waals surface area contributed by atoms with Crippen LogP contribution >= 0.6 is 22.6 Å². The van der Waals surface area contributed by atoms with E-state index in [9.17, 15) is 9.59 Å². The van der Waals surface area contributed by atoms with Gasteiger partial charge in [0.1, 0.15) is 5.69 Å². The van der Waals surface area contributed by atoms with E-state index in [0.29, 0.717) is 5.69 Å². The second-order valence-corrected chi connectivity index (χ2v) is 6.94. The monoisotopic (exact) mass is 459 g/mol. The van der Waals surface area contributed by atoms with Gasteiger partial charge in [-0.25, -0.2) is 4.68 Å². The first kappa shape index (κ1) is 18.2. The van der Waals surface area contributed by atoms with Gasteiger partial charge in [-0.3, -0.25) is 14.3 Å². The Morgan fingerprint density at radius 3 is 2.42 bits per heavy atom. The number of anilines is 1. The number of benzene rings is 2.